The Morgan fingerprint density at radius 2 is 2.07 bits per heavy atom. The van der Waals surface area contributed by atoms with Gasteiger partial charge < -0.3 is 11.5 Å². The van der Waals surface area contributed by atoms with Crippen molar-refractivity contribution in [2.75, 3.05) is 13.1 Å². The smallest absolute Gasteiger partial charge is 0.0302 e. The van der Waals surface area contributed by atoms with Crippen LogP contribution in [0, 0.1) is 5.92 Å². The quantitative estimate of drug-likeness (QED) is 0.736. The van der Waals surface area contributed by atoms with E-state index in [9.17, 15) is 0 Å². The summed E-state index contributed by atoms with van der Waals surface area (Å²) in [6, 6.07) is 4.06. The first kappa shape index (κ1) is 11.1. The van der Waals surface area contributed by atoms with Crippen molar-refractivity contribution in [2.45, 2.75) is 19.3 Å². The minimum atomic E-state index is 0.421. The second-order valence-electron chi connectivity index (χ2n) is 3.76. The van der Waals surface area contributed by atoms with Gasteiger partial charge in [-0.25, -0.2) is 0 Å². The molecule has 1 aromatic rings. The predicted octanol–water partition coefficient (Wildman–Crippen LogP) is 1.11. The topological polar surface area (TPSA) is 64.9 Å². The van der Waals surface area contributed by atoms with Crippen molar-refractivity contribution < 1.29 is 0 Å². The van der Waals surface area contributed by atoms with Gasteiger partial charge in [0.1, 0.15) is 0 Å². The van der Waals surface area contributed by atoms with E-state index in [1.807, 2.05) is 12.3 Å². The molecular weight excluding hydrogens is 174 g/mol. The minimum Gasteiger partial charge on any atom is -0.330 e. The molecule has 0 spiro atoms. The number of hydrogen-bond acceptors (Lipinski definition) is 3. The lowest BCUT2D eigenvalue weighted by molar-refractivity contribution is 0.465. The third-order valence-corrected chi connectivity index (χ3v) is 2.61. The van der Waals surface area contributed by atoms with E-state index in [1.54, 1.807) is 6.20 Å². The Morgan fingerprint density at radius 3 is 2.57 bits per heavy atom. The summed E-state index contributed by atoms with van der Waals surface area (Å²) in [6.07, 6.45) is 4.74. The van der Waals surface area contributed by atoms with Gasteiger partial charge in [0.15, 0.2) is 0 Å². The van der Waals surface area contributed by atoms with Crippen LogP contribution in [0.15, 0.2) is 24.5 Å². The molecule has 0 bridgehead atoms. The maximum atomic E-state index is 5.61. The Morgan fingerprint density at radius 1 is 1.36 bits per heavy atom. The molecule has 0 saturated carbocycles. The maximum Gasteiger partial charge on any atom is 0.0302 e. The van der Waals surface area contributed by atoms with E-state index in [0.29, 0.717) is 24.9 Å². The molecule has 3 heteroatoms. The van der Waals surface area contributed by atoms with Crippen LogP contribution in [0.5, 0.6) is 0 Å². The molecule has 0 fully saturated rings. The summed E-state index contributed by atoms with van der Waals surface area (Å²) in [5.74, 6) is 0.908. The molecule has 1 heterocycles. The minimum absolute atomic E-state index is 0.421. The fourth-order valence-corrected chi connectivity index (χ4v) is 1.59. The van der Waals surface area contributed by atoms with Crippen molar-refractivity contribution in [3.8, 4) is 0 Å². The molecule has 0 aliphatic carbocycles. The Balaban J connectivity index is 2.54. The predicted molar refractivity (Wildman–Crippen MR) is 58.9 cm³/mol. The van der Waals surface area contributed by atoms with Crippen LogP contribution < -0.4 is 11.5 Å². The molecule has 0 aliphatic rings. The highest BCUT2D eigenvalue weighted by atomic mass is 14.6. The Kier molecular flexibility index (Phi) is 4.56. The Bertz CT molecular complexity index is 244. The van der Waals surface area contributed by atoms with Crippen LogP contribution in [-0.4, -0.2) is 18.1 Å². The highest BCUT2D eigenvalue weighted by Gasteiger charge is 2.11. The zero-order chi connectivity index (χ0) is 10.4. The van der Waals surface area contributed by atoms with Crippen LogP contribution in [-0.2, 0) is 0 Å². The van der Waals surface area contributed by atoms with Gasteiger partial charge in [-0.05, 0) is 43.0 Å². The van der Waals surface area contributed by atoms with Crippen LogP contribution in [0.25, 0.3) is 0 Å². The first-order chi connectivity index (χ1) is 6.77. The van der Waals surface area contributed by atoms with E-state index < -0.39 is 0 Å². The molecule has 0 aliphatic heterocycles. The van der Waals surface area contributed by atoms with Crippen LogP contribution >= 0.6 is 0 Å². The average Bonchev–Trinajstić information content (AvgIpc) is 2.26. The number of pyridine rings is 1. The maximum absolute atomic E-state index is 5.61. The Hall–Kier alpha value is -0.930. The molecule has 0 saturated heterocycles. The molecule has 1 unspecified atom stereocenters. The average molecular weight is 193 g/mol. The van der Waals surface area contributed by atoms with E-state index in [1.165, 1.54) is 5.56 Å². The molecule has 0 radical (unpaired) electrons. The largest absolute Gasteiger partial charge is 0.330 e. The molecule has 1 rings (SSSR count). The molecule has 3 nitrogen and oxygen atoms in total. The van der Waals surface area contributed by atoms with Gasteiger partial charge in [-0.3, -0.25) is 4.98 Å². The van der Waals surface area contributed by atoms with Crippen LogP contribution in [0.4, 0.5) is 0 Å². The zero-order valence-corrected chi connectivity index (χ0v) is 8.69. The molecule has 4 N–H and O–H groups in total. The van der Waals surface area contributed by atoms with Crippen molar-refractivity contribution in [3.63, 3.8) is 0 Å². The number of hydrogen-bond donors (Lipinski definition) is 2. The highest BCUT2D eigenvalue weighted by molar-refractivity contribution is 5.13. The summed E-state index contributed by atoms with van der Waals surface area (Å²) in [5, 5.41) is 0. The van der Waals surface area contributed by atoms with Crippen molar-refractivity contribution in [1.82, 2.24) is 4.98 Å². The summed E-state index contributed by atoms with van der Waals surface area (Å²) in [5.41, 5.74) is 12.5. The second-order valence-corrected chi connectivity index (χ2v) is 3.76. The third kappa shape index (κ3) is 3.09. The van der Waals surface area contributed by atoms with E-state index in [-0.39, 0.29) is 0 Å². The lowest BCUT2D eigenvalue weighted by Gasteiger charge is -2.17. The lowest BCUT2D eigenvalue weighted by atomic mass is 9.91. The Labute approximate surface area is 85.5 Å². The lowest BCUT2D eigenvalue weighted by Crippen LogP contribution is -2.24. The number of nitrogens with zero attached hydrogens (tertiary/aromatic N) is 1. The van der Waals surface area contributed by atoms with Crippen LogP contribution in [0.3, 0.4) is 0 Å². The highest BCUT2D eigenvalue weighted by Crippen LogP contribution is 2.21. The molecule has 1 aromatic heterocycles. The fraction of sp³-hybridized carbons (Fsp3) is 0.545. The zero-order valence-electron chi connectivity index (χ0n) is 8.69. The summed E-state index contributed by atoms with van der Waals surface area (Å²) in [4.78, 5) is 4.10. The van der Waals surface area contributed by atoms with Gasteiger partial charge in [0.25, 0.3) is 0 Å². The summed E-state index contributed by atoms with van der Waals surface area (Å²) >= 11 is 0. The summed E-state index contributed by atoms with van der Waals surface area (Å²) < 4.78 is 0. The number of rotatable bonds is 5. The van der Waals surface area contributed by atoms with Gasteiger partial charge in [-0.1, -0.05) is 13.0 Å². The normalized spacial score (nSPS) is 13.1. The van der Waals surface area contributed by atoms with Gasteiger partial charge in [-0.15, -0.1) is 0 Å². The summed E-state index contributed by atoms with van der Waals surface area (Å²) in [7, 11) is 0. The van der Waals surface area contributed by atoms with Gasteiger partial charge in [0.2, 0.25) is 0 Å². The number of nitrogens with two attached hydrogens (primary N) is 2. The standard InChI is InChI=1S/C11H19N3/c1-9(5-10(6-12)7-13)11-3-2-4-14-8-11/h2-4,8-10H,5-7,12-13H2,1H3. The van der Waals surface area contributed by atoms with Crippen molar-refractivity contribution in [2.24, 2.45) is 17.4 Å². The van der Waals surface area contributed by atoms with Crippen molar-refractivity contribution >= 4 is 0 Å². The van der Waals surface area contributed by atoms with E-state index >= 15 is 0 Å². The molecule has 1 atom stereocenters. The van der Waals surface area contributed by atoms with Crippen LogP contribution in [0.1, 0.15) is 24.8 Å². The van der Waals surface area contributed by atoms with Gasteiger partial charge in [0, 0.05) is 12.4 Å². The second kappa shape index (κ2) is 5.73. The van der Waals surface area contributed by atoms with Gasteiger partial charge in [-0.2, -0.15) is 0 Å². The van der Waals surface area contributed by atoms with Crippen LogP contribution in [0.2, 0.25) is 0 Å². The number of aromatic nitrogens is 1. The van der Waals surface area contributed by atoms with E-state index in [2.05, 4.69) is 18.0 Å². The van der Waals surface area contributed by atoms with E-state index in [0.717, 1.165) is 6.42 Å². The first-order valence-electron chi connectivity index (χ1n) is 5.08. The molecule has 78 valence electrons. The molecule has 14 heavy (non-hydrogen) atoms. The molecule has 0 amide bonds. The van der Waals surface area contributed by atoms with Crippen molar-refractivity contribution in [3.05, 3.63) is 30.1 Å². The van der Waals surface area contributed by atoms with E-state index in [4.69, 9.17) is 11.5 Å². The SMILES string of the molecule is CC(CC(CN)CN)c1cccnc1. The fourth-order valence-electron chi connectivity index (χ4n) is 1.59. The van der Waals surface area contributed by atoms with Gasteiger partial charge in [0.05, 0.1) is 0 Å². The van der Waals surface area contributed by atoms with Gasteiger partial charge >= 0.3 is 0 Å². The molecule has 0 aromatic carbocycles. The first-order valence-corrected chi connectivity index (χ1v) is 5.08. The monoisotopic (exact) mass is 193 g/mol. The summed E-state index contributed by atoms with van der Waals surface area (Å²) in [6.45, 7) is 3.53. The molecular formula is C11H19N3. The third-order valence-electron chi connectivity index (χ3n) is 2.61. The van der Waals surface area contributed by atoms with Crippen molar-refractivity contribution in [1.29, 1.82) is 0 Å².